The second-order valence-corrected chi connectivity index (χ2v) is 5.40. The number of benzene rings is 1. The zero-order valence-corrected chi connectivity index (χ0v) is 12.4. The Morgan fingerprint density at radius 1 is 1.41 bits per heavy atom. The minimum Gasteiger partial charge on any atom is -0.350 e. The van der Waals surface area contributed by atoms with Gasteiger partial charge in [0, 0.05) is 15.9 Å². The molecule has 0 aliphatic rings. The maximum Gasteiger partial charge on any atom is 0.224 e. The molecule has 0 fully saturated rings. The van der Waals surface area contributed by atoms with Gasteiger partial charge < -0.3 is 5.32 Å². The molecule has 0 saturated carbocycles. The van der Waals surface area contributed by atoms with Gasteiger partial charge in [-0.25, -0.2) is 0 Å². The van der Waals surface area contributed by atoms with Gasteiger partial charge in [0.1, 0.15) is 0 Å². The van der Waals surface area contributed by atoms with Gasteiger partial charge in [0.2, 0.25) is 5.91 Å². The molecule has 17 heavy (non-hydrogen) atoms. The minimum atomic E-state index is -0.177. The van der Waals surface area contributed by atoms with Crippen LogP contribution >= 0.6 is 27.5 Å². The lowest BCUT2D eigenvalue weighted by atomic mass is 10.0. The van der Waals surface area contributed by atoms with Crippen molar-refractivity contribution in [2.75, 3.05) is 5.33 Å². The number of alkyl halides is 1. The molecular weight excluding hydrogens is 302 g/mol. The average molecular weight is 319 g/mol. The average Bonchev–Trinajstić information content (AvgIpc) is 2.32. The molecule has 0 aliphatic carbocycles. The molecule has 0 bridgehead atoms. The summed E-state index contributed by atoms with van der Waals surface area (Å²) in [5.41, 5.74) is 0.795. The highest BCUT2D eigenvalue weighted by Crippen LogP contribution is 2.14. The smallest absolute Gasteiger partial charge is 0.224 e. The largest absolute Gasteiger partial charge is 0.350 e. The quantitative estimate of drug-likeness (QED) is 0.826. The summed E-state index contributed by atoms with van der Waals surface area (Å²) in [6.07, 6.45) is 1.28. The van der Waals surface area contributed by atoms with Crippen LogP contribution in [0.3, 0.4) is 0 Å². The molecule has 1 N–H and O–H groups in total. The third-order valence-corrected chi connectivity index (χ3v) is 4.28. The lowest BCUT2D eigenvalue weighted by molar-refractivity contribution is -0.122. The second-order valence-electron chi connectivity index (χ2n) is 4.40. The Morgan fingerprint density at radius 3 is 2.47 bits per heavy atom. The Bertz CT molecular complexity index is 374. The molecule has 1 atom stereocenters. The van der Waals surface area contributed by atoms with Crippen molar-refractivity contribution >= 4 is 33.4 Å². The predicted octanol–water partition coefficient (Wildman–Crippen LogP) is 3.56. The van der Waals surface area contributed by atoms with Crippen LogP contribution in [-0.2, 0) is 11.2 Å². The molecule has 0 aromatic heterocycles. The van der Waals surface area contributed by atoms with Crippen LogP contribution in [0.2, 0.25) is 5.02 Å². The number of halogens is 2. The minimum absolute atomic E-state index is 0.0381. The maximum atomic E-state index is 11.9. The number of rotatable bonds is 5. The van der Waals surface area contributed by atoms with Gasteiger partial charge in [-0.1, -0.05) is 46.6 Å². The molecule has 1 amide bonds. The van der Waals surface area contributed by atoms with Crippen molar-refractivity contribution in [3.05, 3.63) is 34.9 Å². The molecule has 0 radical (unpaired) electrons. The second kappa shape index (κ2) is 6.41. The fourth-order valence-electron chi connectivity index (χ4n) is 1.38. The van der Waals surface area contributed by atoms with Crippen molar-refractivity contribution in [3.63, 3.8) is 0 Å². The predicted molar refractivity (Wildman–Crippen MR) is 75.8 cm³/mol. The molecule has 1 unspecified atom stereocenters. The molecule has 2 nitrogen and oxygen atoms in total. The van der Waals surface area contributed by atoms with Gasteiger partial charge >= 0.3 is 0 Å². The van der Waals surface area contributed by atoms with Crippen LogP contribution in [0.1, 0.15) is 25.8 Å². The zero-order chi connectivity index (χ0) is 12.9. The van der Waals surface area contributed by atoms with Gasteiger partial charge in [0.15, 0.2) is 0 Å². The maximum absolute atomic E-state index is 11.9. The van der Waals surface area contributed by atoms with Crippen molar-refractivity contribution in [3.8, 4) is 0 Å². The number of amides is 1. The van der Waals surface area contributed by atoms with Crippen LogP contribution in [0, 0.1) is 0 Å². The molecule has 94 valence electrons. The Hall–Kier alpha value is -0.540. The standard InChI is InChI=1S/C13H17BrClNO/c1-3-13(2,9-14)16-12(17)8-10-4-6-11(15)7-5-10/h4-7H,3,8-9H2,1-2H3,(H,16,17). The SMILES string of the molecule is CCC(C)(CBr)NC(=O)Cc1ccc(Cl)cc1. The molecule has 1 aromatic rings. The van der Waals surface area contributed by atoms with E-state index in [-0.39, 0.29) is 11.4 Å². The van der Waals surface area contributed by atoms with Crippen molar-refractivity contribution in [1.29, 1.82) is 0 Å². The highest BCUT2D eigenvalue weighted by atomic mass is 79.9. The van der Waals surface area contributed by atoms with Crippen LogP contribution < -0.4 is 5.32 Å². The molecule has 4 heteroatoms. The summed E-state index contributed by atoms with van der Waals surface area (Å²) in [4.78, 5) is 11.9. The molecular formula is C13H17BrClNO. The molecule has 1 rings (SSSR count). The number of carbonyl (C=O) groups excluding carboxylic acids is 1. The first-order valence-corrected chi connectivity index (χ1v) is 7.10. The molecule has 0 heterocycles. The van der Waals surface area contributed by atoms with Gasteiger partial charge in [-0.2, -0.15) is 0 Å². The number of carbonyl (C=O) groups is 1. The van der Waals surface area contributed by atoms with Gasteiger partial charge in [0.05, 0.1) is 6.42 Å². The van der Waals surface area contributed by atoms with E-state index in [1.807, 2.05) is 19.1 Å². The summed E-state index contributed by atoms with van der Waals surface area (Å²) in [7, 11) is 0. The summed E-state index contributed by atoms with van der Waals surface area (Å²) >= 11 is 9.22. The Labute approximate surface area is 116 Å². The molecule has 0 aliphatic heterocycles. The van der Waals surface area contributed by atoms with Crippen molar-refractivity contribution in [1.82, 2.24) is 5.32 Å². The number of nitrogens with one attached hydrogen (secondary N) is 1. The van der Waals surface area contributed by atoms with Crippen LogP contribution in [0.5, 0.6) is 0 Å². The summed E-state index contributed by atoms with van der Waals surface area (Å²) in [6, 6.07) is 7.35. The van der Waals surface area contributed by atoms with E-state index in [0.29, 0.717) is 11.4 Å². The van der Waals surface area contributed by atoms with Crippen molar-refractivity contribution in [2.45, 2.75) is 32.2 Å². The van der Waals surface area contributed by atoms with Gasteiger partial charge in [-0.3, -0.25) is 4.79 Å². The monoisotopic (exact) mass is 317 g/mol. The van der Waals surface area contributed by atoms with E-state index in [1.54, 1.807) is 12.1 Å². The van der Waals surface area contributed by atoms with Gasteiger partial charge in [-0.15, -0.1) is 0 Å². The molecule has 0 saturated heterocycles. The topological polar surface area (TPSA) is 29.1 Å². The van der Waals surface area contributed by atoms with E-state index in [1.165, 1.54) is 0 Å². The van der Waals surface area contributed by atoms with E-state index in [0.717, 1.165) is 17.3 Å². The van der Waals surface area contributed by atoms with E-state index >= 15 is 0 Å². The summed E-state index contributed by atoms with van der Waals surface area (Å²) in [5, 5.41) is 4.48. The Balaban J connectivity index is 2.58. The number of hydrogen-bond acceptors (Lipinski definition) is 1. The first-order valence-electron chi connectivity index (χ1n) is 5.60. The highest BCUT2D eigenvalue weighted by Gasteiger charge is 2.22. The van der Waals surface area contributed by atoms with Crippen LogP contribution in [0.25, 0.3) is 0 Å². The third-order valence-electron chi connectivity index (χ3n) is 2.79. The fourth-order valence-corrected chi connectivity index (χ4v) is 2.05. The normalized spacial score (nSPS) is 14.1. The van der Waals surface area contributed by atoms with E-state index < -0.39 is 0 Å². The van der Waals surface area contributed by atoms with E-state index in [2.05, 4.69) is 28.2 Å². The van der Waals surface area contributed by atoms with Crippen molar-refractivity contribution in [2.24, 2.45) is 0 Å². The lowest BCUT2D eigenvalue weighted by Gasteiger charge is -2.27. The van der Waals surface area contributed by atoms with Crippen LogP contribution in [-0.4, -0.2) is 16.8 Å². The summed E-state index contributed by atoms with van der Waals surface area (Å²) in [6.45, 7) is 4.09. The molecule has 0 spiro atoms. The first kappa shape index (κ1) is 14.5. The van der Waals surface area contributed by atoms with Crippen LogP contribution in [0.15, 0.2) is 24.3 Å². The van der Waals surface area contributed by atoms with E-state index in [4.69, 9.17) is 11.6 Å². The van der Waals surface area contributed by atoms with E-state index in [9.17, 15) is 4.79 Å². The molecule has 1 aromatic carbocycles. The Kier molecular flexibility index (Phi) is 5.47. The van der Waals surface area contributed by atoms with Gasteiger partial charge in [0.25, 0.3) is 0 Å². The van der Waals surface area contributed by atoms with Crippen molar-refractivity contribution < 1.29 is 4.79 Å². The first-order chi connectivity index (χ1) is 7.99. The number of hydrogen-bond donors (Lipinski definition) is 1. The zero-order valence-electron chi connectivity index (χ0n) is 10.1. The summed E-state index contributed by atoms with van der Waals surface area (Å²) < 4.78 is 0. The summed E-state index contributed by atoms with van der Waals surface area (Å²) in [5.74, 6) is 0.0381. The van der Waals surface area contributed by atoms with Gasteiger partial charge in [-0.05, 0) is 31.0 Å². The lowest BCUT2D eigenvalue weighted by Crippen LogP contribution is -2.47. The fraction of sp³-hybridized carbons (Fsp3) is 0.462. The third kappa shape index (κ3) is 4.68. The highest BCUT2D eigenvalue weighted by molar-refractivity contribution is 9.09. The van der Waals surface area contributed by atoms with Crippen LogP contribution in [0.4, 0.5) is 0 Å². The Morgan fingerprint density at radius 2 is 2.00 bits per heavy atom.